The second-order valence-electron chi connectivity index (χ2n) is 6.53. The third-order valence-corrected chi connectivity index (χ3v) is 4.67. The minimum absolute atomic E-state index is 0.148. The first-order chi connectivity index (χ1) is 7.93. The molecule has 3 nitrogen and oxygen atoms in total. The summed E-state index contributed by atoms with van der Waals surface area (Å²) in [5, 5.41) is 20.6. The van der Waals surface area contributed by atoms with E-state index < -0.39 is 11.0 Å². The summed E-state index contributed by atoms with van der Waals surface area (Å²) in [6.07, 6.45) is 5.03. The molecule has 2 fully saturated rings. The highest BCUT2D eigenvalue weighted by Gasteiger charge is 2.54. The van der Waals surface area contributed by atoms with Gasteiger partial charge in [0.25, 0.3) is 0 Å². The van der Waals surface area contributed by atoms with Crippen LogP contribution in [0.2, 0.25) is 0 Å². The normalized spacial score (nSPS) is 36.1. The van der Waals surface area contributed by atoms with Crippen LogP contribution in [0.5, 0.6) is 0 Å². The molecule has 0 aromatic rings. The number of nitrogens with zero attached hydrogens (tertiary/aromatic N) is 1. The third-order valence-electron chi connectivity index (χ3n) is 4.67. The highest BCUT2D eigenvalue weighted by molar-refractivity contribution is 5.14. The molecule has 2 aliphatic rings. The summed E-state index contributed by atoms with van der Waals surface area (Å²) >= 11 is 0. The van der Waals surface area contributed by atoms with Gasteiger partial charge in [-0.25, -0.2) is 0 Å². The van der Waals surface area contributed by atoms with Crippen LogP contribution in [-0.4, -0.2) is 23.9 Å². The molecule has 96 valence electrons. The lowest BCUT2D eigenvalue weighted by molar-refractivity contribution is -0.143. The van der Waals surface area contributed by atoms with Gasteiger partial charge in [0.2, 0.25) is 0 Å². The van der Waals surface area contributed by atoms with E-state index in [1.165, 1.54) is 0 Å². The van der Waals surface area contributed by atoms with E-state index in [4.69, 9.17) is 4.74 Å². The van der Waals surface area contributed by atoms with Crippen molar-refractivity contribution < 1.29 is 9.84 Å². The van der Waals surface area contributed by atoms with Crippen molar-refractivity contribution in [2.24, 2.45) is 10.8 Å². The summed E-state index contributed by atoms with van der Waals surface area (Å²) in [5.41, 5.74) is -1.24. The van der Waals surface area contributed by atoms with Crippen LogP contribution in [0.15, 0.2) is 0 Å². The first kappa shape index (κ1) is 12.9. The van der Waals surface area contributed by atoms with Gasteiger partial charge >= 0.3 is 0 Å². The van der Waals surface area contributed by atoms with E-state index in [1.807, 2.05) is 0 Å². The lowest BCUT2D eigenvalue weighted by Crippen LogP contribution is -2.54. The summed E-state index contributed by atoms with van der Waals surface area (Å²) in [6, 6.07) is 2.44. The Morgan fingerprint density at radius 3 is 2.29 bits per heavy atom. The van der Waals surface area contributed by atoms with Gasteiger partial charge in [-0.2, -0.15) is 5.26 Å². The second kappa shape index (κ2) is 4.26. The van der Waals surface area contributed by atoms with Gasteiger partial charge in [0.15, 0.2) is 0 Å². The maximum absolute atomic E-state index is 11.0. The molecular formula is C14H23NO2. The predicted octanol–water partition coefficient (Wildman–Crippen LogP) is 2.64. The van der Waals surface area contributed by atoms with E-state index in [2.05, 4.69) is 19.9 Å². The van der Waals surface area contributed by atoms with E-state index in [-0.39, 0.29) is 5.41 Å². The molecule has 1 atom stereocenters. The monoisotopic (exact) mass is 237 g/mol. The van der Waals surface area contributed by atoms with E-state index in [0.29, 0.717) is 26.1 Å². The van der Waals surface area contributed by atoms with Crippen LogP contribution in [0.3, 0.4) is 0 Å². The number of hydrogen-bond donors (Lipinski definition) is 1. The van der Waals surface area contributed by atoms with Crippen molar-refractivity contribution in [1.82, 2.24) is 0 Å². The molecule has 0 spiro atoms. The van der Waals surface area contributed by atoms with Gasteiger partial charge in [-0.15, -0.1) is 0 Å². The van der Waals surface area contributed by atoms with Crippen LogP contribution in [0.25, 0.3) is 0 Å². The molecule has 1 aliphatic heterocycles. The summed E-state index contributed by atoms with van der Waals surface area (Å²) in [7, 11) is 0. The summed E-state index contributed by atoms with van der Waals surface area (Å²) < 4.78 is 5.35. The highest BCUT2D eigenvalue weighted by Crippen LogP contribution is 2.52. The first-order valence-corrected chi connectivity index (χ1v) is 6.65. The van der Waals surface area contributed by atoms with Gasteiger partial charge in [-0.05, 0) is 37.5 Å². The molecule has 0 radical (unpaired) electrons. The number of nitriles is 1. The van der Waals surface area contributed by atoms with Gasteiger partial charge in [0.05, 0.1) is 17.1 Å². The van der Waals surface area contributed by atoms with E-state index >= 15 is 0 Å². The molecule has 0 amide bonds. The Morgan fingerprint density at radius 1 is 1.12 bits per heavy atom. The average Bonchev–Trinajstić information content (AvgIpc) is 2.28. The lowest BCUT2D eigenvalue weighted by atomic mass is 9.57. The van der Waals surface area contributed by atoms with Gasteiger partial charge in [-0.3, -0.25) is 0 Å². The molecule has 1 saturated heterocycles. The van der Waals surface area contributed by atoms with E-state index in [9.17, 15) is 10.4 Å². The quantitative estimate of drug-likeness (QED) is 0.762. The largest absolute Gasteiger partial charge is 0.388 e. The second-order valence-corrected chi connectivity index (χ2v) is 6.53. The van der Waals surface area contributed by atoms with Gasteiger partial charge in [0.1, 0.15) is 0 Å². The van der Waals surface area contributed by atoms with Crippen LogP contribution in [0.1, 0.15) is 52.4 Å². The molecule has 1 N–H and O–H groups in total. The lowest BCUT2D eigenvalue weighted by Gasteiger charge is -2.51. The molecule has 0 bridgehead atoms. The number of aliphatic hydroxyl groups is 1. The van der Waals surface area contributed by atoms with Crippen molar-refractivity contribution >= 4 is 0 Å². The molecule has 17 heavy (non-hydrogen) atoms. The van der Waals surface area contributed by atoms with Crippen molar-refractivity contribution in [1.29, 1.82) is 5.26 Å². The molecular weight excluding hydrogens is 214 g/mol. The maximum atomic E-state index is 11.0. The Bertz CT molecular complexity index is 326. The minimum Gasteiger partial charge on any atom is -0.388 e. The molecule has 1 aliphatic carbocycles. The molecule has 1 unspecified atom stereocenters. The Balaban J connectivity index is 2.26. The van der Waals surface area contributed by atoms with Crippen molar-refractivity contribution in [3.63, 3.8) is 0 Å². The third kappa shape index (κ3) is 2.21. The molecule has 0 aromatic heterocycles. The fraction of sp³-hybridized carbons (Fsp3) is 0.929. The van der Waals surface area contributed by atoms with Crippen LogP contribution in [-0.2, 0) is 4.74 Å². The summed E-state index contributed by atoms with van der Waals surface area (Å²) in [5.74, 6) is 0. The van der Waals surface area contributed by atoms with Crippen molar-refractivity contribution in [3.05, 3.63) is 0 Å². The Morgan fingerprint density at radius 2 is 1.76 bits per heavy atom. The molecule has 1 saturated carbocycles. The molecule has 2 rings (SSSR count). The molecule has 0 aromatic carbocycles. The summed E-state index contributed by atoms with van der Waals surface area (Å²) in [6.45, 7) is 5.61. The Labute approximate surface area is 104 Å². The van der Waals surface area contributed by atoms with Crippen LogP contribution in [0.4, 0.5) is 0 Å². The molecule has 1 heterocycles. The topological polar surface area (TPSA) is 53.2 Å². The predicted molar refractivity (Wildman–Crippen MR) is 65.3 cm³/mol. The van der Waals surface area contributed by atoms with E-state index in [1.54, 1.807) is 0 Å². The highest BCUT2D eigenvalue weighted by atomic mass is 16.5. The number of ether oxygens (including phenoxy) is 1. The maximum Gasteiger partial charge on any atom is 0.0904 e. The zero-order valence-corrected chi connectivity index (χ0v) is 11.0. The van der Waals surface area contributed by atoms with Gasteiger partial charge < -0.3 is 9.84 Å². The standard InChI is InChI=1S/C14H23NO2/c1-12(2)4-3-5-14(16,10-12)13(11-15)6-8-17-9-7-13/h16H,3-10H2,1-2H3. The van der Waals surface area contributed by atoms with Crippen molar-refractivity contribution in [3.8, 4) is 6.07 Å². The van der Waals surface area contributed by atoms with Crippen molar-refractivity contribution in [2.45, 2.75) is 58.0 Å². The van der Waals surface area contributed by atoms with Gasteiger partial charge in [0, 0.05) is 13.2 Å². The zero-order chi connectivity index (χ0) is 12.6. The van der Waals surface area contributed by atoms with E-state index in [0.717, 1.165) is 25.7 Å². The Hall–Kier alpha value is -0.590. The van der Waals surface area contributed by atoms with Crippen LogP contribution >= 0.6 is 0 Å². The van der Waals surface area contributed by atoms with Crippen LogP contribution < -0.4 is 0 Å². The fourth-order valence-corrected chi connectivity index (χ4v) is 3.64. The SMILES string of the molecule is CC1(C)CCCC(O)(C2(C#N)CCOCC2)C1. The van der Waals surface area contributed by atoms with Crippen LogP contribution in [0, 0.1) is 22.2 Å². The van der Waals surface area contributed by atoms with Gasteiger partial charge in [-0.1, -0.05) is 20.3 Å². The number of hydrogen-bond acceptors (Lipinski definition) is 3. The smallest absolute Gasteiger partial charge is 0.0904 e. The van der Waals surface area contributed by atoms with Crippen molar-refractivity contribution in [2.75, 3.05) is 13.2 Å². The first-order valence-electron chi connectivity index (χ1n) is 6.65. The Kier molecular flexibility index (Phi) is 3.22. The fourth-order valence-electron chi connectivity index (χ4n) is 3.64. The number of rotatable bonds is 1. The minimum atomic E-state index is -0.812. The zero-order valence-electron chi connectivity index (χ0n) is 11.0. The molecule has 3 heteroatoms. The average molecular weight is 237 g/mol. The summed E-state index contributed by atoms with van der Waals surface area (Å²) in [4.78, 5) is 0.